The van der Waals surface area contributed by atoms with Crippen molar-refractivity contribution in [2.24, 2.45) is 0 Å². The molecule has 0 aliphatic rings. The molecule has 0 aliphatic heterocycles. The second kappa shape index (κ2) is 4.71. The molecule has 16 heavy (non-hydrogen) atoms. The van der Waals surface area contributed by atoms with Crippen LogP contribution < -0.4 is 0 Å². The number of nitrogens with one attached hydrogen (secondary N) is 1. The van der Waals surface area contributed by atoms with Crippen LogP contribution in [0.4, 0.5) is 0 Å². The predicted molar refractivity (Wildman–Crippen MR) is 69.5 cm³/mol. The second-order valence-corrected chi connectivity index (χ2v) is 4.55. The average Bonchev–Trinajstić information content (AvgIpc) is 2.69. The Morgan fingerprint density at radius 3 is 2.75 bits per heavy atom. The van der Waals surface area contributed by atoms with Gasteiger partial charge in [0.2, 0.25) is 0 Å². The first-order valence-electron chi connectivity index (χ1n) is 5.97. The van der Waals surface area contributed by atoms with Gasteiger partial charge in [-0.15, -0.1) is 0 Å². The van der Waals surface area contributed by atoms with Crippen molar-refractivity contribution >= 4 is 10.9 Å². The zero-order chi connectivity index (χ0) is 11.5. The van der Waals surface area contributed by atoms with Crippen molar-refractivity contribution < 1.29 is 0 Å². The number of rotatable bonds is 4. The maximum Gasteiger partial charge on any atom is 0.0456 e. The molecule has 2 rings (SSSR count). The van der Waals surface area contributed by atoms with Crippen molar-refractivity contribution in [2.45, 2.75) is 32.9 Å². The minimum Gasteiger partial charge on any atom is -0.357 e. The number of hydrogen-bond acceptors (Lipinski definition) is 1. The summed E-state index contributed by atoms with van der Waals surface area (Å²) in [6.45, 7) is 5.48. The highest BCUT2D eigenvalue weighted by Crippen LogP contribution is 2.16. The van der Waals surface area contributed by atoms with E-state index in [9.17, 15) is 0 Å². The molecule has 0 aliphatic carbocycles. The first-order valence-corrected chi connectivity index (χ1v) is 5.97. The van der Waals surface area contributed by atoms with E-state index in [1.807, 2.05) is 0 Å². The average molecular weight is 216 g/mol. The fourth-order valence-corrected chi connectivity index (χ4v) is 1.95. The Morgan fingerprint density at radius 2 is 2.06 bits per heavy atom. The quantitative estimate of drug-likeness (QED) is 0.830. The molecule has 2 aromatic rings. The highest BCUT2D eigenvalue weighted by Gasteiger charge is 2.08. The van der Waals surface area contributed by atoms with Gasteiger partial charge in [-0.1, -0.05) is 25.1 Å². The van der Waals surface area contributed by atoms with Crippen LogP contribution in [0, 0.1) is 0 Å². The summed E-state index contributed by atoms with van der Waals surface area (Å²) in [4.78, 5) is 5.84. The number of nitrogens with zero attached hydrogens (tertiary/aromatic N) is 1. The number of para-hydroxylation sites is 1. The monoisotopic (exact) mass is 216 g/mol. The lowest BCUT2D eigenvalue weighted by atomic mass is 10.2. The van der Waals surface area contributed by atoms with Gasteiger partial charge in [-0.2, -0.15) is 0 Å². The van der Waals surface area contributed by atoms with Gasteiger partial charge in [0, 0.05) is 23.8 Å². The van der Waals surface area contributed by atoms with Crippen molar-refractivity contribution in [2.75, 3.05) is 7.05 Å². The number of fused-ring (bicyclic) bond motifs is 1. The molecule has 2 heteroatoms. The van der Waals surface area contributed by atoms with E-state index in [0.717, 1.165) is 6.54 Å². The maximum absolute atomic E-state index is 3.46. The number of benzene rings is 1. The van der Waals surface area contributed by atoms with Crippen molar-refractivity contribution in [1.29, 1.82) is 0 Å². The molecule has 1 unspecified atom stereocenters. The van der Waals surface area contributed by atoms with E-state index in [-0.39, 0.29) is 0 Å². The normalized spacial score (nSPS) is 13.5. The van der Waals surface area contributed by atoms with Crippen molar-refractivity contribution in [3.05, 3.63) is 36.0 Å². The molecule has 0 fully saturated rings. The Morgan fingerprint density at radius 1 is 1.31 bits per heavy atom. The van der Waals surface area contributed by atoms with Crippen molar-refractivity contribution in [1.82, 2.24) is 9.88 Å². The van der Waals surface area contributed by atoms with E-state index in [1.54, 1.807) is 0 Å². The molecule has 0 amide bonds. The third-order valence-electron chi connectivity index (χ3n) is 3.35. The Balaban J connectivity index is 2.15. The minimum absolute atomic E-state index is 0.631. The smallest absolute Gasteiger partial charge is 0.0456 e. The van der Waals surface area contributed by atoms with E-state index >= 15 is 0 Å². The molecule has 1 N–H and O–H groups in total. The lowest BCUT2D eigenvalue weighted by Gasteiger charge is -2.22. The lowest BCUT2D eigenvalue weighted by molar-refractivity contribution is 0.241. The summed E-state index contributed by atoms with van der Waals surface area (Å²) in [7, 11) is 2.18. The highest BCUT2D eigenvalue weighted by atomic mass is 15.1. The molecule has 1 aromatic heterocycles. The van der Waals surface area contributed by atoms with Crippen LogP contribution in [0.1, 0.15) is 26.0 Å². The van der Waals surface area contributed by atoms with E-state index in [0.29, 0.717) is 6.04 Å². The number of aromatic nitrogens is 1. The van der Waals surface area contributed by atoms with Gasteiger partial charge in [0.1, 0.15) is 0 Å². The molecule has 0 bridgehead atoms. The standard InChI is InChI=1S/C14H20N2/c1-4-11(2)16(3)10-13-9-12-7-5-6-8-14(12)15-13/h5-9,11,15H,4,10H2,1-3H3. The van der Waals surface area contributed by atoms with Gasteiger partial charge < -0.3 is 4.98 Å². The van der Waals surface area contributed by atoms with Gasteiger partial charge in [-0.3, -0.25) is 4.90 Å². The predicted octanol–water partition coefficient (Wildman–Crippen LogP) is 3.40. The zero-order valence-electron chi connectivity index (χ0n) is 10.3. The van der Waals surface area contributed by atoms with E-state index in [1.165, 1.54) is 23.0 Å². The molecule has 0 saturated heterocycles. The summed E-state index contributed by atoms with van der Waals surface area (Å²) >= 11 is 0. The second-order valence-electron chi connectivity index (χ2n) is 4.55. The van der Waals surface area contributed by atoms with Gasteiger partial charge in [0.25, 0.3) is 0 Å². The number of aromatic amines is 1. The van der Waals surface area contributed by atoms with Crippen molar-refractivity contribution in [3.63, 3.8) is 0 Å². The Labute approximate surface area is 97.3 Å². The molecule has 0 saturated carbocycles. The van der Waals surface area contributed by atoms with Crippen LogP contribution in [0.25, 0.3) is 10.9 Å². The topological polar surface area (TPSA) is 19.0 Å². The van der Waals surface area contributed by atoms with Crippen molar-refractivity contribution in [3.8, 4) is 0 Å². The summed E-state index contributed by atoms with van der Waals surface area (Å²) in [5.74, 6) is 0. The fraction of sp³-hybridized carbons (Fsp3) is 0.429. The van der Waals surface area contributed by atoms with Crippen LogP contribution in [0.5, 0.6) is 0 Å². The van der Waals surface area contributed by atoms with E-state index < -0.39 is 0 Å². The van der Waals surface area contributed by atoms with Gasteiger partial charge in [-0.05, 0) is 37.9 Å². The summed E-state index contributed by atoms with van der Waals surface area (Å²) in [6, 6.07) is 11.3. The van der Waals surface area contributed by atoms with Gasteiger partial charge in [0.05, 0.1) is 0 Å². The molecule has 1 aromatic carbocycles. The largest absolute Gasteiger partial charge is 0.357 e. The van der Waals surface area contributed by atoms with Crippen LogP contribution in [-0.2, 0) is 6.54 Å². The maximum atomic E-state index is 3.46. The van der Waals surface area contributed by atoms with Crippen LogP contribution in [0.2, 0.25) is 0 Å². The fourth-order valence-electron chi connectivity index (χ4n) is 1.95. The molecular weight excluding hydrogens is 196 g/mol. The molecule has 0 spiro atoms. The summed E-state index contributed by atoms with van der Waals surface area (Å²) in [6.07, 6.45) is 1.19. The molecule has 2 nitrogen and oxygen atoms in total. The van der Waals surface area contributed by atoms with Crippen LogP contribution in [-0.4, -0.2) is 23.0 Å². The van der Waals surface area contributed by atoms with Crippen LogP contribution in [0.3, 0.4) is 0 Å². The summed E-state index contributed by atoms with van der Waals surface area (Å²) in [5.41, 5.74) is 2.53. The van der Waals surface area contributed by atoms with E-state index in [2.05, 4.69) is 61.1 Å². The Hall–Kier alpha value is -1.28. The molecular formula is C14H20N2. The Bertz CT molecular complexity index is 425. The summed E-state index contributed by atoms with van der Waals surface area (Å²) in [5, 5.41) is 1.30. The molecule has 1 atom stereocenters. The summed E-state index contributed by atoms with van der Waals surface area (Å²) < 4.78 is 0. The minimum atomic E-state index is 0.631. The van der Waals surface area contributed by atoms with Crippen LogP contribution in [0.15, 0.2) is 30.3 Å². The highest BCUT2D eigenvalue weighted by molar-refractivity contribution is 5.80. The first kappa shape index (κ1) is 11.2. The van der Waals surface area contributed by atoms with Crippen LogP contribution >= 0.6 is 0 Å². The third-order valence-corrected chi connectivity index (χ3v) is 3.35. The number of hydrogen-bond donors (Lipinski definition) is 1. The Kier molecular flexibility index (Phi) is 3.30. The molecule has 86 valence electrons. The molecule has 0 radical (unpaired) electrons. The van der Waals surface area contributed by atoms with Gasteiger partial charge in [-0.25, -0.2) is 0 Å². The first-order chi connectivity index (χ1) is 7.70. The van der Waals surface area contributed by atoms with Gasteiger partial charge in [0.15, 0.2) is 0 Å². The molecule has 1 heterocycles. The van der Waals surface area contributed by atoms with Gasteiger partial charge >= 0.3 is 0 Å². The van der Waals surface area contributed by atoms with E-state index in [4.69, 9.17) is 0 Å². The SMILES string of the molecule is CCC(C)N(C)Cc1cc2ccccc2[nH]1. The lowest BCUT2D eigenvalue weighted by Crippen LogP contribution is -2.27. The zero-order valence-corrected chi connectivity index (χ0v) is 10.3. The number of H-pyrrole nitrogens is 1. The third kappa shape index (κ3) is 2.27.